The van der Waals surface area contributed by atoms with E-state index in [9.17, 15) is 15.0 Å². The van der Waals surface area contributed by atoms with Gasteiger partial charge in [-0.2, -0.15) is 0 Å². The van der Waals surface area contributed by atoms with Crippen molar-refractivity contribution in [3.05, 3.63) is 23.8 Å². The Hall–Kier alpha value is -1.75. The van der Waals surface area contributed by atoms with Gasteiger partial charge >= 0.3 is 0 Å². The monoisotopic (exact) mass is 252 g/mol. The van der Waals surface area contributed by atoms with Crippen molar-refractivity contribution in [1.82, 2.24) is 5.32 Å². The summed E-state index contributed by atoms with van der Waals surface area (Å²) in [4.78, 5) is 12.1. The minimum absolute atomic E-state index is 0.120. The molecule has 0 aromatic heterocycles. The van der Waals surface area contributed by atoms with Crippen LogP contribution in [-0.4, -0.2) is 28.3 Å². The van der Waals surface area contributed by atoms with Crippen LogP contribution in [0.3, 0.4) is 0 Å². The highest BCUT2D eigenvalue weighted by Gasteiger charge is 2.28. The first-order chi connectivity index (χ1) is 8.49. The highest BCUT2D eigenvalue weighted by atomic mass is 16.3. The topological polar surface area (TPSA) is 95.6 Å². The summed E-state index contributed by atoms with van der Waals surface area (Å²) in [5.74, 6) is -0.661. The molecule has 0 aliphatic carbocycles. The molecule has 0 unspecified atom stereocenters. The van der Waals surface area contributed by atoms with Crippen LogP contribution >= 0.6 is 0 Å². The van der Waals surface area contributed by atoms with Crippen LogP contribution in [0.25, 0.3) is 0 Å². The Morgan fingerprint density at radius 3 is 2.50 bits per heavy atom. The standard InChI is InChI=1S/C13H20N2O3/c1-3-13(4-2,8-16)15-12(18)9-6-5-7-10(14)11(9)17/h5-7,16-17H,3-4,8,14H2,1-2H3,(H,15,18). The third kappa shape index (κ3) is 2.73. The Morgan fingerprint density at radius 1 is 1.39 bits per heavy atom. The summed E-state index contributed by atoms with van der Waals surface area (Å²) >= 11 is 0. The third-order valence-electron chi connectivity index (χ3n) is 3.35. The summed E-state index contributed by atoms with van der Waals surface area (Å²) in [6.45, 7) is 3.63. The van der Waals surface area contributed by atoms with Gasteiger partial charge in [0.05, 0.1) is 23.4 Å². The second-order valence-corrected chi connectivity index (χ2v) is 4.34. The van der Waals surface area contributed by atoms with E-state index in [0.717, 1.165) is 0 Å². The number of nitrogens with one attached hydrogen (secondary N) is 1. The molecule has 0 fully saturated rings. The quantitative estimate of drug-likeness (QED) is 0.468. The molecule has 5 nitrogen and oxygen atoms in total. The molecule has 1 amide bonds. The van der Waals surface area contributed by atoms with E-state index in [-0.39, 0.29) is 23.6 Å². The van der Waals surface area contributed by atoms with Crippen LogP contribution < -0.4 is 11.1 Å². The number of benzene rings is 1. The van der Waals surface area contributed by atoms with Crippen LogP contribution in [0.15, 0.2) is 18.2 Å². The van der Waals surface area contributed by atoms with Crippen molar-refractivity contribution in [3.63, 3.8) is 0 Å². The number of carbonyl (C=O) groups is 1. The molecule has 0 bridgehead atoms. The number of para-hydroxylation sites is 1. The number of aliphatic hydroxyl groups is 1. The van der Waals surface area contributed by atoms with Gasteiger partial charge in [0.2, 0.25) is 0 Å². The molecule has 0 saturated heterocycles. The van der Waals surface area contributed by atoms with Gasteiger partial charge in [0.1, 0.15) is 0 Å². The second kappa shape index (κ2) is 5.73. The maximum absolute atomic E-state index is 12.1. The lowest BCUT2D eigenvalue weighted by Crippen LogP contribution is -2.50. The van der Waals surface area contributed by atoms with Crippen molar-refractivity contribution in [2.24, 2.45) is 0 Å². The number of hydrogen-bond acceptors (Lipinski definition) is 4. The molecule has 0 aliphatic rings. The van der Waals surface area contributed by atoms with Gasteiger partial charge in [0.15, 0.2) is 5.75 Å². The largest absolute Gasteiger partial charge is 0.505 e. The van der Waals surface area contributed by atoms with Crippen molar-refractivity contribution < 1.29 is 15.0 Å². The smallest absolute Gasteiger partial charge is 0.255 e. The van der Waals surface area contributed by atoms with E-state index in [4.69, 9.17) is 5.73 Å². The fourth-order valence-electron chi connectivity index (χ4n) is 1.74. The number of anilines is 1. The Kier molecular flexibility index (Phi) is 4.55. The van der Waals surface area contributed by atoms with Gasteiger partial charge in [-0.15, -0.1) is 0 Å². The van der Waals surface area contributed by atoms with Crippen LogP contribution in [-0.2, 0) is 0 Å². The lowest BCUT2D eigenvalue weighted by atomic mass is 9.93. The van der Waals surface area contributed by atoms with Crippen molar-refractivity contribution >= 4 is 11.6 Å². The predicted molar refractivity (Wildman–Crippen MR) is 70.4 cm³/mol. The van der Waals surface area contributed by atoms with Crippen LogP contribution in [0, 0.1) is 0 Å². The summed E-state index contributed by atoms with van der Waals surface area (Å²) in [6, 6.07) is 4.61. The van der Waals surface area contributed by atoms with Gasteiger partial charge < -0.3 is 21.3 Å². The van der Waals surface area contributed by atoms with E-state index in [0.29, 0.717) is 12.8 Å². The Balaban J connectivity index is 2.98. The first-order valence-electron chi connectivity index (χ1n) is 6.00. The number of nitrogens with two attached hydrogens (primary N) is 1. The molecular weight excluding hydrogens is 232 g/mol. The number of nitrogen functional groups attached to an aromatic ring is 1. The molecule has 0 radical (unpaired) electrons. The van der Waals surface area contributed by atoms with Gasteiger partial charge in [-0.25, -0.2) is 0 Å². The van der Waals surface area contributed by atoms with Gasteiger partial charge in [0.25, 0.3) is 5.91 Å². The molecule has 1 aromatic carbocycles. The van der Waals surface area contributed by atoms with E-state index in [1.54, 1.807) is 6.07 Å². The normalized spacial score (nSPS) is 11.3. The number of hydrogen-bond donors (Lipinski definition) is 4. The molecule has 5 N–H and O–H groups in total. The van der Waals surface area contributed by atoms with Crippen LogP contribution in [0.1, 0.15) is 37.0 Å². The van der Waals surface area contributed by atoms with Crippen molar-refractivity contribution in [1.29, 1.82) is 0 Å². The number of amides is 1. The minimum atomic E-state index is -0.659. The predicted octanol–water partition coefficient (Wildman–Crippen LogP) is 1.26. The van der Waals surface area contributed by atoms with Crippen molar-refractivity contribution in [2.75, 3.05) is 12.3 Å². The second-order valence-electron chi connectivity index (χ2n) is 4.34. The first-order valence-corrected chi connectivity index (χ1v) is 6.00. The molecule has 0 spiro atoms. The van der Waals surface area contributed by atoms with Crippen LogP contribution in [0.4, 0.5) is 5.69 Å². The zero-order valence-corrected chi connectivity index (χ0v) is 10.7. The maximum Gasteiger partial charge on any atom is 0.255 e. The van der Waals surface area contributed by atoms with Crippen molar-refractivity contribution in [3.8, 4) is 5.75 Å². The Morgan fingerprint density at radius 2 is 2.00 bits per heavy atom. The Bertz CT molecular complexity index is 420. The SMILES string of the molecule is CCC(CC)(CO)NC(=O)c1cccc(N)c1O. The van der Waals surface area contributed by atoms with Gasteiger partial charge in [-0.05, 0) is 25.0 Å². The molecule has 1 rings (SSSR count). The molecule has 1 aromatic rings. The average molecular weight is 252 g/mol. The highest BCUT2D eigenvalue weighted by Crippen LogP contribution is 2.25. The van der Waals surface area contributed by atoms with E-state index in [1.165, 1.54) is 12.1 Å². The minimum Gasteiger partial charge on any atom is -0.505 e. The number of phenolic OH excluding ortho intramolecular Hbond substituents is 1. The zero-order chi connectivity index (χ0) is 13.8. The number of aliphatic hydroxyl groups excluding tert-OH is 1. The fraction of sp³-hybridized carbons (Fsp3) is 0.462. The van der Waals surface area contributed by atoms with Crippen molar-refractivity contribution in [2.45, 2.75) is 32.2 Å². The fourth-order valence-corrected chi connectivity index (χ4v) is 1.74. The molecule has 18 heavy (non-hydrogen) atoms. The van der Waals surface area contributed by atoms with Gasteiger partial charge in [-0.1, -0.05) is 19.9 Å². The van der Waals surface area contributed by atoms with E-state index in [2.05, 4.69) is 5.32 Å². The molecule has 5 heteroatoms. The third-order valence-corrected chi connectivity index (χ3v) is 3.35. The Labute approximate surface area is 107 Å². The van der Waals surface area contributed by atoms with E-state index < -0.39 is 11.4 Å². The summed E-state index contributed by atoms with van der Waals surface area (Å²) in [5, 5.41) is 21.9. The average Bonchev–Trinajstić information content (AvgIpc) is 2.39. The molecule has 0 heterocycles. The number of aromatic hydroxyl groups is 1. The zero-order valence-electron chi connectivity index (χ0n) is 10.7. The summed E-state index contributed by atoms with van der Waals surface area (Å²) < 4.78 is 0. The summed E-state index contributed by atoms with van der Waals surface area (Å²) in [6.07, 6.45) is 1.21. The highest BCUT2D eigenvalue weighted by molar-refractivity contribution is 5.98. The van der Waals surface area contributed by atoms with E-state index >= 15 is 0 Å². The number of rotatable bonds is 5. The summed E-state index contributed by atoms with van der Waals surface area (Å²) in [7, 11) is 0. The van der Waals surface area contributed by atoms with Crippen LogP contribution in [0.2, 0.25) is 0 Å². The van der Waals surface area contributed by atoms with Gasteiger partial charge in [-0.3, -0.25) is 4.79 Å². The summed E-state index contributed by atoms with van der Waals surface area (Å²) in [5.41, 5.74) is 5.16. The number of carbonyl (C=O) groups excluding carboxylic acids is 1. The molecule has 0 atom stereocenters. The molecular formula is C13H20N2O3. The lowest BCUT2D eigenvalue weighted by Gasteiger charge is -2.30. The number of phenols is 1. The first kappa shape index (κ1) is 14.3. The van der Waals surface area contributed by atoms with Crippen LogP contribution in [0.5, 0.6) is 5.75 Å². The maximum atomic E-state index is 12.1. The molecule has 0 saturated carbocycles. The molecule has 0 aliphatic heterocycles. The lowest BCUT2D eigenvalue weighted by molar-refractivity contribution is 0.0815. The van der Waals surface area contributed by atoms with E-state index in [1.807, 2.05) is 13.8 Å². The van der Waals surface area contributed by atoms with Gasteiger partial charge in [0, 0.05) is 0 Å². The molecule has 100 valence electrons.